The molecule has 1 heterocycles. The zero-order valence-corrected chi connectivity index (χ0v) is 12.6. The molecule has 2 rings (SSSR count). The van der Waals surface area contributed by atoms with Crippen molar-refractivity contribution in [2.75, 3.05) is 6.54 Å². The number of imidazole rings is 1. The van der Waals surface area contributed by atoms with E-state index < -0.39 is 0 Å². The van der Waals surface area contributed by atoms with Crippen LogP contribution in [0.4, 0.5) is 0 Å². The number of hydrogen-bond acceptors (Lipinski definition) is 2. The third-order valence-corrected chi connectivity index (χ3v) is 4.11. The summed E-state index contributed by atoms with van der Waals surface area (Å²) in [4.78, 5) is 15.8. The average Bonchev–Trinajstić information content (AvgIpc) is 2.86. The van der Waals surface area contributed by atoms with Gasteiger partial charge < -0.3 is 9.88 Å². The van der Waals surface area contributed by atoms with Crippen molar-refractivity contribution in [3.05, 3.63) is 30.6 Å². The summed E-state index contributed by atoms with van der Waals surface area (Å²) in [5.74, 6) is 0.0676. The second-order valence-corrected chi connectivity index (χ2v) is 5.55. The number of benzene rings is 1. The maximum absolute atomic E-state index is 11.6. The van der Waals surface area contributed by atoms with Crippen LogP contribution in [0.1, 0.15) is 19.8 Å². The first-order chi connectivity index (χ1) is 9.22. The summed E-state index contributed by atoms with van der Waals surface area (Å²) in [5, 5.41) is 2.92. The molecular weight excluding hydrogens is 306 g/mol. The van der Waals surface area contributed by atoms with Gasteiger partial charge in [-0.15, -0.1) is 0 Å². The van der Waals surface area contributed by atoms with Crippen LogP contribution in [0.5, 0.6) is 0 Å². The molecule has 2 aromatic rings. The lowest BCUT2D eigenvalue weighted by Gasteiger charge is -2.09. The summed E-state index contributed by atoms with van der Waals surface area (Å²) in [6.07, 6.45) is 3.55. The maximum atomic E-state index is 11.6. The fraction of sp³-hybridized carbons (Fsp3) is 0.429. The fourth-order valence-electron chi connectivity index (χ4n) is 1.95. The quantitative estimate of drug-likeness (QED) is 0.656. The van der Waals surface area contributed by atoms with Crippen molar-refractivity contribution >= 4 is 32.9 Å². The average molecular weight is 324 g/mol. The summed E-state index contributed by atoms with van der Waals surface area (Å²) >= 11 is 3.34. The smallest absolute Gasteiger partial charge is 0.233 e. The van der Waals surface area contributed by atoms with Gasteiger partial charge in [0.1, 0.15) is 0 Å². The van der Waals surface area contributed by atoms with Gasteiger partial charge in [-0.1, -0.05) is 35.0 Å². The molecule has 0 aliphatic heterocycles. The molecule has 0 aliphatic carbocycles. The molecule has 0 bridgehead atoms. The number of hydrogen-bond donors (Lipinski definition) is 1. The van der Waals surface area contributed by atoms with Gasteiger partial charge in [0.25, 0.3) is 0 Å². The van der Waals surface area contributed by atoms with E-state index in [0.29, 0.717) is 6.54 Å². The van der Waals surface area contributed by atoms with E-state index in [0.717, 1.165) is 30.4 Å². The Morgan fingerprint density at radius 1 is 1.47 bits per heavy atom. The highest BCUT2D eigenvalue weighted by molar-refractivity contribution is 9.10. The number of fused-ring (bicyclic) bond motifs is 1. The Balaban J connectivity index is 1.82. The van der Waals surface area contributed by atoms with Gasteiger partial charge >= 0.3 is 0 Å². The number of carbonyl (C=O) groups is 1. The molecule has 0 spiro atoms. The number of nitrogens with zero attached hydrogens (tertiary/aromatic N) is 2. The molecule has 4 nitrogen and oxygen atoms in total. The molecule has 1 N–H and O–H groups in total. The summed E-state index contributed by atoms with van der Waals surface area (Å²) < 4.78 is 2.12. The molecule has 0 saturated heterocycles. The van der Waals surface area contributed by atoms with Gasteiger partial charge in [0, 0.05) is 13.1 Å². The lowest BCUT2D eigenvalue weighted by molar-refractivity contribution is -0.120. The summed E-state index contributed by atoms with van der Waals surface area (Å²) in [6.45, 7) is 3.53. The summed E-state index contributed by atoms with van der Waals surface area (Å²) in [6, 6.07) is 8.07. The number of halogens is 1. The normalized spacial score (nSPS) is 12.5. The highest BCUT2D eigenvalue weighted by Gasteiger charge is 2.10. The Hall–Kier alpha value is -1.36. The molecule has 0 fully saturated rings. The molecule has 1 unspecified atom stereocenters. The van der Waals surface area contributed by atoms with E-state index in [1.54, 1.807) is 0 Å². The Bertz CT molecular complexity index is 552. The minimum absolute atomic E-state index is 0.0676. The van der Waals surface area contributed by atoms with Gasteiger partial charge in [0.05, 0.1) is 22.2 Å². The molecule has 0 aliphatic rings. The van der Waals surface area contributed by atoms with E-state index in [4.69, 9.17) is 0 Å². The molecule has 19 heavy (non-hydrogen) atoms. The third kappa shape index (κ3) is 3.56. The minimum Gasteiger partial charge on any atom is -0.355 e. The predicted molar refractivity (Wildman–Crippen MR) is 80.4 cm³/mol. The number of amides is 1. The van der Waals surface area contributed by atoms with Crippen LogP contribution in [0.25, 0.3) is 11.0 Å². The number of rotatable bonds is 6. The monoisotopic (exact) mass is 323 g/mol. The minimum atomic E-state index is -0.0819. The number of para-hydroxylation sites is 2. The number of carbonyl (C=O) groups excluding carboxylic acids is 1. The van der Waals surface area contributed by atoms with Crippen LogP contribution in [-0.2, 0) is 11.3 Å². The van der Waals surface area contributed by atoms with Crippen LogP contribution in [-0.4, -0.2) is 26.8 Å². The van der Waals surface area contributed by atoms with Crippen molar-refractivity contribution in [3.8, 4) is 0 Å². The zero-order chi connectivity index (χ0) is 13.7. The molecule has 0 saturated carbocycles. The summed E-state index contributed by atoms with van der Waals surface area (Å²) in [5.41, 5.74) is 2.15. The molecule has 1 atom stereocenters. The van der Waals surface area contributed by atoms with Gasteiger partial charge in [-0.25, -0.2) is 4.98 Å². The van der Waals surface area contributed by atoms with Crippen molar-refractivity contribution < 1.29 is 4.79 Å². The molecule has 0 radical (unpaired) electrons. The van der Waals surface area contributed by atoms with Gasteiger partial charge in [-0.05, 0) is 25.0 Å². The maximum Gasteiger partial charge on any atom is 0.233 e. The van der Waals surface area contributed by atoms with Crippen molar-refractivity contribution in [1.82, 2.24) is 14.9 Å². The van der Waals surface area contributed by atoms with Crippen LogP contribution in [0.15, 0.2) is 30.6 Å². The second-order valence-electron chi connectivity index (χ2n) is 4.45. The number of aromatic nitrogens is 2. The first-order valence-corrected chi connectivity index (χ1v) is 7.45. The number of aryl methyl sites for hydroxylation is 1. The first-order valence-electron chi connectivity index (χ1n) is 6.54. The fourth-order valence-corrected chi connectivity index (χ4v) is 2.11. The van der Waals surface area contributed by atoms with Crippen LogP contribution in [0, 0.1) is 0 Å². The number of nitrogens with one attached hydrogen (secondary N) is 1. The number of alkyl halides is 1. The van der Waals surface area contributed by atoms with Crippen molar-refractivity contribution in [3.63, 3.8) is 0 Å². The van der Waals surface area contributed by atoms with Crippen molar-refractivity contribution in [2.24, 2.45) is 0 Å². The summed E-state index contributed by atoms with van der Waals surface area (Å²) in [7, 11) is 0. The van der Waals surface area contributed by atoms with E-state index in [1.165, 1.54) is 0 Å². The third-order valence-electron chi connectivity index (χ3n) is 3.05. The topological polar surface area (TPSA) is 46.9 Å². The molecule has 1 aromatic carbocycles. The molecule has 1 amide bonds. The Morgan fingerprint density at radius 2 is 2.26 bits per heavy atom. The standard InChI is InChI=1S/C14H18BrN3O/c1-2-11(15)14(19)16-8-5-9-18-10-17-12-6-3-4-7-13(12)18/h3-4,6-7,10-11H,2,5,8-9H2,1H3,(H,16,19). The lowest BCUT2D eigenvalue weighted by Crippen LogP contribution is -2.31. The highest BCUT2D eigenvalue weighted by atomic mass is 79.9. The molecule has 1 aromatic heterocycles. The van der Waals surface area contributed by atoms with Gasteiger partial charge in [0.2, 0.25) is 5.91 Å². The first kappa shape index (κ1) is 14.1. The van der Waals surface area contributed by atoms with Crippen molar-refractivity contribution in [1.29, 1.82) is 0 Å². The molecule has 102 valence electrons. The van der Waals surface area contributed by atoms with Gasteiger partial charge in [-0.2, -0.15) is 0 Å². The van der Waals surface area contributed by atoms with Crippen LogP contribution in [0.2, 0.25) is 0 Å². The largest absolute Gasteiger partial charge is 0.355 e. The molecule has 5 heteroatoms. The molecular formula is C14H18BrN3O. The van der Waals surface area contributed by atoms with E-state index in [2.05, 4.69) is 36.9 Å². The van der Waals surface area contributed by atoms with E-state index in [-0.39, 0.29) is 10.7 Å². The Labute approximate surface area is 121 Å². The zero-order valence-electron chi connectivity index (χ0n) is 11.0. The Morgan fingerprint density at radius 3 is 3.05 bits per heavy atom. The van der Waals surface area contributed by atoms with E-state index in [9.17, 15) is 4.79 Å². The SMILES string of the molecule is CCC(Br)C(=O)NCCCn1cnc2ccccc21. The highest BCUT2D eigenvalue weighted by Crippen LogP contribution is 2.11. The van der Waals surface area contributed by atoms with Gasteiger partial charge in [0.15, 0.2) is 0 Å². The van der Waals surface area contributed by atoms with Crippen LogP contribution < -0.4 is 5.32 Å². The van der Waals surface area contributed by atoms with Crippen molar-refractivity contribution in [2.45, 2.75) is 31.1 Å². The lowest BCUT2D eigenvalue weighted by atomic mass is 10.3. The predicted octanol–water partition coefficient (Wildman–Crippen LogP) is 2.72. The van der Waals surface area contributed by atoms with E-state index in [1.807, 2.05) is 31.5 Å². The van der Waals surface area contributed by atoms with Gasteiger partial charge in [-0.3, -0.25) is 4.79 Å². The second kappa shape index (κ2) is 6.70. The van der Waals surface area contributed by atoms with E-state index >= 15 is 0 Å². The van der Waals surface area contributed by atoms with Crippen LogP contribution in [0.3, 0.4) is 0 Å². The van der Waals surface area contributed by atoms with Crippen LogP contribution >= 0.6 is 15.9 Å². The Kier molecular flexibility index (Phi) is 4.96.